The van der Waals surface area contributed by atoms with Crippen molar-refractivity contribution in [3.05, 3.63) is 54.6 Å². The molecule has 0 aliphatic carbocycles. The van der Waals surface area contributed by atoms with Crippen LogP contribution in [0.3, 0.4) is 0 Å². The Morgan fingerprint density at radius 1 is 1.09 bits per heavy atom. The molecule has 4 aromatic rings. The van der Waals surface area contributed by atoms with Gasteiger partial charge in [-0.25, -0.2) is 4.98 Å². The number of hydrogen-bond acceptors (Lipinski definition) is 5. The molecule has 0 spiro atoms. The van der Waals surface area contributed by atoms with Gasteiger partial charge in [0.25, 0.3) is 5.91 Å². The number of imidazole rings is 1. The van der Waals surface area contributed by atoms with Crippen LogP contribution in [0.4, 0.5) is 13.2 Å². The van der Waals surface area contributed by atoms with Gasteiger partial charge in [0, 0.05) is 30.4 Å². The monoisotopic (exact) mass is 473 g/mol. The molecule has 0 atom stereocenters. The van der Waals surface area contributed by atoms with Crippen molar-refractivity contribution in [2.45, 2.75) is 19.6 Å². The predicted molar refractivity (Wildman–Crippen MR) is 119 cm³/mol. The topological polar surface area (TPSA) is 83.2 Å². The molecule has 0 saturated carbocycles. The first-order chi connectivity index (χ1) is 16.2. The van der Waals surface area contributed by atoms with E-state index in [-0.39, 0.29) is 17.1 Å². The number of nitrogens with one attached hydrogen (secondary N) is 1. The van der Waals surface area contributed by atoms with Crippen LogP contribution < -0.4 is 14.8 Å². The summed E-state index contributed by atoms with van der Waals surface area (Å²) in [7, 11) is 2.65. The Labute approximate surface area is 192 Å². The quantitative estimate of drug-likeness (QED) is 0.435. The lowest BCUT2D eigenvalue weighted by Crippen LogP contribution is -2.34. The number of hydrogen-bond donors (Lipinski definition) is 1. The lowest BCUT2D eigenvalue weighted by molar-refractivity contribution is -0.123. The average molecular weight is 473 g/mol. The summed E-state index contributed by atoms with van der Waals surface area (Å²) in [5.74, 6) is -0.815. The van der Waals surface area contributed by atoms with E-state index in [0.29, 0.717) is 5.69 Å². The molecule has 0 saturated heterocycles. The van der Waals surface area contributed by atoms with Crippen LogP contribution in [0.1, 0.15) is 17.3 Å². The van der Waals surface area contributed by atoms with Gasteiger partial charge in [-0.3, -0.25) is 14.0 Å². The molecule has 4 rings (SSSR count). The van der Waals surface area contributed by atoms with E-state index in [1.54, 1.807) is 29.2 Å². The zero-order chi connectivity index (χ0) is 24.5. The van der Waals surface area contributed by atoms with Crippen molar-refractivity contribution in [2.24, 2.45) is 0 Å². The van der Waals surface area contributed by atoms with Crippen molar-refractivity contribution in [3.63, 3.8) is 0 Å². The maximum absolute atomic E-state index is 12.6. The van der Waals surface area contributed by atoms with E-state index in [4.69, 9.17) is 9.47 Å². The third kappa shape index (κ3) is 4.54. The Bertz CT molecular complexity index is 1320. The third-order valence-corrected chi connectivity index (χ3v) is 5.28. The summed E-state index contributed by atoms with van der Waals surface area (Å²) < 4.78 is 51.9. The summed E-state index contributed by atoms with van der Waals surface area (Å²) in [6.07, 6.45) is 0.817. The van der Waals surface area contributed by atoms with E-state index in [0.717, 1.165) is 28.7 Å². The summed E-state index contributed by atoms with van der Waals surface area (Å²) >= 11 is 0. The Balaban J connectivity index is 1.72. The van der Waals surface area contributed by atoms with Crippen LogP contribution in [0, 0.1) is 0 Å². The van der Waals surface area contributed by atoms with Crippen LogP contribution in [0.25, 0.3) is 27.8 Å². The average Bonchev–Trinajstić information content (AvgIpc) is 3.47. The molecule has 1 amide bonds. The number of rotatable bonds is 7. The van der Waals surface area contributed by atoms with Gasteiger partial charge in [-0.1, -0.05) is 6.07 Å². The molecular formula is C23H22F3N5O3. The van der Waals surface area contributed by atoms with E-state index in [2.05, 4.69) is 10.1 Å². The van der Waals surface area contributed by atoms with Crippen LogP contribution in [-0.2, 0) is 6.54 Å². The van der Waals surface area contributed by atoms with Crippen LogP contribution in [0.2, 0.25) is 0 Å². The molecular weight excluding hydrogens is 451 g/mol. The van der Waals surface area contributed by atoms with E-state index in [9.17, 15) is 18.0 Å². The number of halogens is 3. The summed E-state index contributed by atoms with van der Waals surface area (Å²) in [5, 5.41) is 6.15. The first-order valence-electron chi connectivity index (χ1n) is 10.3. The summed E-state index contributed by atoms with van der Waals surface area (Å²) in [6.45, 7) is 1.31. The minimum atomic E-state index is -4.54. The van der Waals surface area contributed by atoms with Gasteiger partial charge in [-0.05, 0) is 24.6 Å². The van der Waals surface area contributed by atoms with Crippen molar-refractivity contribution in [1.29, 1.82) is 0 Å². The minimum Gasteiger partial charge on any atom is -0.496 e. The second-order valence-corrected chi connectivity index (χ2v) is 7.43. The summed E-state index contributed by atoms with van der Waals surface area (Å²) in [6, 6.07) is 8.89. The molecule has 0 aliphatic heterocycles. The lowest BCUT2D eigenvalue weighted by atomic mass is 10.1. The molecule has 0 radical (unpaired) electrons. The van der Waals surface area contributed by atoms with Crippen LogP contribution >= 0.6 is 0 Å². The first kappa shape index (κ1) is 23.1. The maximum Gasteiger partial charge on any atom is 0.405 e. The number of methoxy groups -OCH3 is 2. The molecule has 1 N–H and O–H groups in total. The van der Waals surface area contributed by atoms with Crippen molar-refractivity contribution in [2.75, 3.05) is 20.8 Å². The van der Waals surface area contributed by atoms with Crippen molar-refractivity contribution < 1.29 is 27.4 Å². The number of ether oxygens (including phenoxy) is 2. The second kappa shape index (κ2) is 9.08. The largest absolute Gasteiger partial charge is 0.496 e. The predicted octanol–water partition coefficient (Wildman–Crippen LogP) is 4.22. The molecule has 0 aliphatic rings. The van der Waals surface area contributed by atoms with Crippen molar-refractivity contribution in [1.82, 2.24) is 24.6 Å². The van der Waals surface area contributed by atoms with Gasteiger partial charge in [-0.15, -0.1) is 0 Å². The molecule has 0 unspecified atom stereocenters. The van der Waals surface area contributed by atoms with Gasteiger partial charge in [0.2, 0.25) is 0 Å². The zero-order valence-corrected chi connectivity index (χ0v) is 18.7. The van der Waals surface area contributed by atoms with Gasteiger partial charge >= 0.3 is 6.18 Å². The highest BCUT2D eigenvalue weighted by Crippen LogP contribution is 2.34. The van der Waals surface area contributed by atoms with Crippen LogP contribution in [0.15, 0.2) is 49.1 Å². The third-order valence-electron chi connectivity index (χ3n) is 5.28. The number of carbonyl (C=O) groups is 1. The number of aromatic nitrogens is 4. The number of nitrogens with zero attached hydrogens (tertiary/aromatic N) is 4. The lowest BCUT2D eigenvalue weighted by Gasteiger charge is -2.16. The summed E-state index contributed by atoms with van der Waals surface area (Å²) in [4.78, 5) is 16.9. The standard InChI is InChI=1S/C23H22F3N5O3/c1-4-30-11-15(10-29-30)14-5-6-18-17(7-14)28-13-31(18)16-8-19(33-2)21(20(9-16)34-3)22(32)27-12-23(24,25)26/h5-11,13H,4,12H2,1-3H3,(H,27,32). The molecule has 2 aromatic carbocycles. The molecule has 0 fully saturated rings. The van der Waals surface area contributed by atoms with E-state index >= 15 is 0 Å². The van der Waals surface area contributed by atoms with Gasteiger partial charge < -0.3 is 14.8 Å². The Hall–Kier alpha value is -4.02. The van der Waals surface area contributed by atoms with Gasteiger partial charge in [-0.2, -0.15) is 18.3 Å². The van der Waals surface area contributed by atoms with Crippen LogP contribution in [-0.4, -0.2) is 52.2 Å². The number of amides is 1. The smallest absolute Gasteiger partial charge is 0.405 e. The second-order valence-electron chi connectivity index (χ2n) is 7.43. The van der Waals surface area contributed by atoms with Crippen molar-refractivity contribution in [3.8, 4) is 28.3 Å². The number of fused-ring (bicyclic) bond motifs is 1. The Morgan fingerprint density at radius 2 is 1.79 bits per heavy atom. The first-order valence-corrected chi connectivity index (χ1v) is 10.3. The zero-order valence-electron chi connectivity index (χ0n) is 18.7. The molecule has 0 bridgehead atoms. The number of carbonyl (C=O) groups excluding carboxylic acids is 1. The highest BCUT2D eigenvalue weighted by atomic mass is 19.4. The molecule has 8 nitrogen and oxygen atoms in total. The normalized spacial score (nSPS) is 11.6. The number of aryl methyl sites for hydroxylation is 1. The fourth-order valence-corrected chi connectivity index (χ4v) is 3.61. The van der Waals surface area contributed by atoms with Gasteiger partial charge in [0.05, 0.1) is 37.1 Å². The van der Waals surface area contributed by atoms with Crippen LogP contribution in [0.5, 0.6) is 11.5 Å². The number of alkyl halides is 3. The van der Waals surface area contributed by atoms with E-state index < -0.39 is 18.6 Å². The molecule has 2 heterocycles. The highest BCUT2D eigenvalue weighted by molar-refractivity contribution is 6.00. The fraction of sp³-hybridized carbons (Fsp3) is 0.261. The van der Waals surface area contributed by atoms with Crippen molar-refractivity contribution >= 4 is 16.9 Å². The van der Waals surface area contributed by atoms with Gasteiger partial charge in [0.15, 0.2) is 0 Å². The molecule has 34 heavy (non-hydrogen) atoms. The van der Waals surface area contributed by atoms with E-state index in [1.165, 1.54) is 14.2 Å². The fourth-order valence-electron chi connectivity index (χ4n) is 3.61. The Kier molecular flexibility index (Phi) is 6.18. The number of benzene rings is 2. The minimum absolute atomic E-state index is 0.0690. The molecule has 11 heteroatoms. The molecule has 2 aromatic heterocycles. The molecule has 178 valence electrons. The SMILES string of the molecule is CCn1cc(-c2ccc3c(c2)ncn3-c2cc(OC)c(C(=O)NCC(F)(F)F)c(OC)c2)cn1. The van der Waals surface area contributed by atoms with Gasteiger partial charge in [0.1, 0.15) is 29.9 Å². The summed E-state index contributed by atoms with van der Waals surface area (Å²) in [5.41, 5.74) is 3.88. The highest BCUT2D eigenvalue weighted by Gasteiger charge is 2.30. The maximum atomic E-state index is 12.6. The Morgan fingerprint density at radius 3 is 2.38 bits per heavy atom. The van der Waals surface area contributed by atoms with E-state index in [1.807, 2.05) is 41.3 Å².